The summed E-state index contributed by atoms with van der Waals surface area (Å²) in [6, 6.07) is 6.85. The van der Waals surface area contributed by atoms with E-state index in [-0.39, 0.29) is 5.54 Å². The fraction of sp³-hybridized carbons (Fsp3) is 0.571. The van der Waals surface area contributed by atoms with Crippen molar-refractivity contribution in [2.24, 2.45) is 11.7 Å². The second kappa shape index (κ2) is 5.35. The zero-order valence-electron chi connectivity index (χ0n) is 12.3. The molecule has 0 amide bonds. The molecular formula is C14H23N3O2S. The fourth-order valence-electron chi connectivity index (χ4n) is 2.29. The number of rotatable bonds is 6. The van der Waals surface area contributed by atoms with Gasteiger partial charge in [-0.1, -0.05) is 0 Å². The molecule has 1 fully saturated rings. The van der Waals surface area contributed by atoms with Gasteiger partial charge in [0.05, 0.1) is 4.90 Å². The molecule has 0 aromatic heterocycles. The topological polar surface area (TPSA) is 75.4 Å². The molecule has 0 spiro atoms. The van der Waals surface area contributed by atoms with E-state index in [1.165, 1.54) is 31.2 Å². The quantitative estimate of drug-likeness (QED) is 0.834. The summed E-state index contributed by atoms with van der Waals surface area (Å²) < 4.78 is 25.2. The highest BCUT2D eigenvalue weighted by molar-refractivity contribution is 7.89. The summed E-state index contributed by atoms with van der Waals surface area (Å²) in [5.41, 5.74) is 6.67. The van der Waals surface area contributed by atoms with Gasteiger partial charge in [-0.3, -0.25) is 0 Å². The summed E-state index contributed by atoms with van der Waals surface area (Å²) in [6.45, 7) is 2.69. The minimum Gasteiger partial charge on any atom is -0.378 e. The summed E-state index contributed by atoms with van der Waals surface area (Å²) in [5, 5.41) is 3.44. The molecule has 20 heavy (non-hydrogen) atoms. The lowest BCUT2D eigenvalue weighted by atomic mass is 9.95. The van der Waals surface area contributed by atoms with Crippen molar-refractivity contribution in [3.8, 4) is 0 Å². The smallest absolute Gasteiger partial charge is 0.242 e. The summed E-state index contributed by atoms with van der Waals surface area (Å²) in [4.78, 5) is 0.300. The molecule has 6 heteroatoms. The van der Waals surface area contributed by atoms with Gasteiger partial charge in [-0.15, -0.1) is 0 Å². The Labute approximate surface area is 121 Å². The van der Waals surface area contributed by atoms with Crippen LogP contribution in [0.25, 0.3) is 0 Å². The number of sulfonamides is 1. The Balaban J connectivity index is 2.17. The van der Waals surface area contributed by atoms with Gasteiger partial charge >= 0.3 is 0 Å². The molecule has 1 unspecified atom stereocenters. The van der Waals surface area contributed by atoms with E-state index in [1.807, 2.05) is 0 Å². The van der Waals surface area contributed by atoms with Crippen LogP contribution in [-0.2, 0) is 10.0 Å². The zero-order valence-corrected chi connectivity index (χ0v) is 13.1. The Hall–Kier alpha value is -1.11. The Morgan fingerprint density at radius 2 is 1.85 bits per heavy atom. The average molecular weight is 297 g/mol. The highest BCUT2D eigenvalue weighted by Crippen LogP contribution is 2.40. The van der Waals surface area contributed by atoms with Crippen LogP contribution in [0.1, 0.15) is 19.8 Å². The van der Waals surface area contributed by atoms with E-state index in [0.717, 1.165) is 5.69 Å². The second-order valence-electron chi connectivity index (χ2n) is 5.83. The number of benzene rings is 1. The van der Waals surface area contributed by atoms with Gasteiger partial charge in [0.2, 0.25) is 10.0 Å². The van der Waals surface area contributed by atoms with Crippen molar-refractivity contribution in [2.75, 3.05) is 26.0 Å². The van der Waals surface area contributed by atoms with Crippen molar-refractivity contribution in [3.05, 3.63) is 24.3 Å². The van der Waals surface area contributed by atoms with Gasteiger partial charge in [0.25, 0.3) is 0 Å². The van der Waals surface area contributed by atoms with Crippen LogP contribution < -0.4 is 11.1 Å². The highest BCUT2D eigenvalue weighted by atomic mass is 32.2. The van der Waals surface area contributed by atoms with E-state index >= 15 is 0 Å². The van der Waals surface area contributed by atoms with E-state index in [4.69, 9.17) is 5.73 Å². The molecule has 112 valence electrons. The highest BCUT2D eigenvalue weighted by Gasteiger charge is 2.40. The second-order valence-corrected chi connectivity index (χ2v) is 7.98. The van der Waals surface area contributed by atoms with Gasteiger partial charge in [0, 0.05) is 31.9 Å². The van der Waals surface area contributed by atoms with E-state index in [0.29, 0.717) is 17.4 Å². The number of hydrogen-bond donors (Lipinski definition) is 2. The molecule has 0 aliphatic heterocycles. The van der Waals surface area contributed by atoms with Crippen molar-refractivity contribution in [1.29, 1.82) is 0 Å². The van der Waals surface area contributed by atoms with Gasteiger partial charge in [-0.2, -0.15) is 0 Å². The predicted molar refractivity (Wildman–Crippen MR) is 81.1 cm³/mol. The molecule has 0 radical (unpaired) electrons. The minimum absolute atomic E-state index is 0.109. The van der Waals surface area contributed by atoms with E-state index in [1.54, 1.807) is 24.3 Å². The molecule has 1 aromatic rings. The number of hydrogen-bond acceptors (Lipinski definition) is 4. The molecule has 1 aliphatic carbocycles. The molecule has 0 saturated heterocycles. The van der Waals surface area contributed by atoms with E-state index in [2.05, 4.69) is 12.2 Å². The van der Waals surface area contributed by atoms with Crippen molar-refractivity contribution < 1.29 is 8.42 Å². The molecule has 1 saturated carbocycles. The maximum atomic E-state index is 12.0. The third kappa shape index (κ3) is 2.97. The van der Waals surface area contributed by atoms with Crippen LogP contribution in [0.3, 0.4) is 0 Å². The first kappa shape index (κ1) is 15.3. The Morgan fingerprint density at radius 3 is 2.25 bits per heavy atom. The van der Waals surface area contributed by atoms with Gasteiger partial charge in [-0.05, 0) is 49.9 Å². The molecule has 0 heterocycles. The third-order valence-electron chi connectivity index (χ3n) is 3.97. The normalized spacial score (nSPS) is 18.9. The number of nitrogens with zero attached hydrogens (tertiary/aromatic N) is 1. The molecular weight excluding hydrogens is 274 g/mol. The summed E-state index contributed by atoms with van der Waals surface area (Å²) in [7, 11) is -0.310. The van der Waals surface area contributed by atoms with Gasteiger partial charge in [-0.25, -0.2) is 12.7 Å². The average Bonchev–Trinajstić information content (AvgIpc) is 3.23. The lowest BCUT2D eigenvalue weighted by Crippen LogP contribution is -2.44. The van der Waals surface area contributed by atoms with Crippen LogP contribution in [0.15, 0.2) is 29.2 Å². The summed E-state index contributed by atoms with van der Waals surface area (Å²) in [6.07, 6.45) is 2.40. The number of nitrogens with two attached hydrogens (primary N) is 1. The van der Waals surface area contributed by atoms with E-state index in [9.17, 15) is 8.42 Å². The first-order valence-electron chi connectivity index (χ1n) is 6.80. The first-order chi connectivity index (χ1) is 9.29. The van der Waals surface area contributed by atoms with Crippen LogP contribution in [-0.4, -0.2) is 38.9 Å². The van der Waals surface area contributed by atoms with Gasteiger partial charge in [0.1, 0.15) is 0 Å². The third-order valence-corrected chi connectivity index (χ3v) is 5.79. The number of nitrogens with one attached hydrogen (secondary N) is 1. The zero-order chi connectivity index (χ0) is 15.0. The molecule has 2 rings (SSSR count). The van der Waals surface area contributed by atoms with E-state index < -0.39 is 10.0 Å². The van der Waals surface area contributed by atoms with Crippen LogP contribution in [0.2, 0.25) is 0 Å². The minimum atomic E-state index is -3.37. The Kier molecular flexibility index (Phi) is 4.09. The lowest BCUT2D eigenvalue weighted by molar-refractivity contribution is 0.459. The van der Waals surface area contributed by atoms with Crippen molar-refractivity contribution >= 4 is 15.7 Å². The maximum Gasteiger partial charge on any atom is 0.242 e. The Bertz CT molecular complexity index is 565. The summed E-state index contributed by atoms with van der Waals surface area (Å²) in [5.74, 6) is 0.609. The molecule has 1 aliphatic rings. The Morgan fingerprint density at radius 1 is 1.30 bits per heavy atom. The van der Waals surface area contributed by atoms with Gasteiger partial charge < -0.3 is 11.1 Å². The van der Waals surface area contributed by atoms with Crippen molar-refractivity contribution in [3.63, 3.8) is 0 Å². The first-order valence-corrected chi connectivity index (χ1v) is 8.24. The lowest BCUT2D eigenvalue weighted by Gasteiger charge is -2.30. The fourth-order valence-corrected chi connectivity index (χ4v) is 3.19. The van der Waals surface area contributed by atoms with Gasteiger partial charge in [0.15, 0.2) is 0 Å². The monoisotopic (exact) mass is 297 g/mol. The molecule has 0 bridgehead atoms. The standard InChI is InChI=1S/C14H23N3O2S/c1-14(10-15,11-4-5-11)16-12-6-8-13(9-7-12)20(18,19)17(2)3/h6-9,11,16H,4-5,10,15H2,1-3H3. The predicted octanol–water partition coefficient (Wildman–Crippen LogP) is 1.48. The maximum absolute atomic E-state index is 12.0. The molecule has 5 nitrogen and oxygen atoms in total. The largest absolute Gasteiger partial charge is 0.378 e. The molecule has 1 atom stereocenters. The number of anilines is 1. The van der Waals surface area contributed by atoms with Crippen LogP contribution >= 0.6 is 0 Å². The summed E-state index contributed by atoms with van der Waals surface area (Å²) >= 11 is 0. The SMILES string of the molecule is CN(C)S(=O)(=O)c1ccc(NC(C)(CN)C2CC2)cc1. The van der Waals surface area contributed by atoms with Crippen molar-refractivity contribution in [2.45, 2.75) is 30.2 Å². The van der Waals surface area contributed by atoms with Crippen LogP contribution in [0.5, 0.6) is 0 Å². The molecule has 3 N–H and O–H groups in total. The van der Waals surface area contributed by atoms with Crippen molar-refractivity contribution in [1.82, 2.24) is 4.31 Å². The van der Waals surface area contributed by atoms with Crippen LogP contribution in [0, 0.1) is 5.92 Å². The van der Waals surface area contributed by atoms with Crippen LogP contribution in [0.4, 0.5) is 5.69 Å². The molecule has 1 aromatic carbocycles.